The first-order valence-corrected chi connectivity index (χ1v) is 9.70. The number of nitrogens with zero attached hydrogens (tertiary/aromatic N) is 1. The Labute approximate surface area is 164 Å². The van der Waals surface area contributed by atoms with Crippen molar-refractivity contribution in [1.82, 2.24) is 4.98 Å². The summed E-state index contributed by atoms with van der Waals surface area (Å²) in [5, 5.41) is 3.55. The number of halogens is 4. The molecule has 0 spiro atoms. The zero-order valence-corrected chi connectivity index (χ0v) is 17.5. The molecule has 0 radical (unpaired) electrons. The van der Waals surface area contributed by atoms with Gasteiger partial charge in [-0.3, -0.25) is 4.39 Å². The van der Waals surface area contributed by atoms with Gasteiger partial charge >= 0.3 is 0 Å². The highest BCUT2D eigenvalue weighted by molar-refractivity contribution is 7.22. The van der Waals surface area contributed by atoms with Gasteiger partial charge in [-0.25, -0.2) is 18.2 Å². The number of rotatable bonds is 7. The van der Waals surface area contributed by atoms with Crippen molar-refractivity contribution < 1.29 is 17.6 Å². The van der Waals surface area contributed by atoms with Crippen LogP contribution in [0.1, 0.15) is 20.3 Å². The minimum absolute atomic E-state index is 0.0909. The number of anilines is 1. The summed E-state index contributed by atoms with van der Waals surface area (Å²) in [5.41, 5.74) is 0.963. The summed E-state index contributed by atoms with van der Waals surface area (Å²) in [6.45, 7) is 7.61. The molecule has 1 aromatic heterocycles. The highest BCUT2D eigenvalue weighted by atomic mass is 32.1. The Bertz CT molecular complexity index is 709. The zero-order chi connectivity index (χ0) is 20.8. The van der Waals surface area contributed by atoms with E-state index in [9.17, 15) is 17.6 Å². The third-order valence-electron chi connectivity index (χ3n) is 2.92. The Morgan fingerprint density at radius 1 is 1.26 bits per heavy atom. The van der Waals surface area contributed by atoms with Crippen molar-refractivity contribution in [2.45, 2.75) is 32.6 Å². The maximum Gasteiger partial charge on any atom is 0.263 e. The average Bonchev–Trinajstić information content (AvgIpc) is 3.09. The van der Waals surface area contributed by atoms with Gasteiger partial charge in [-0.05, 0) is 24.3 Å². The molecule has 2 unspecified atom stereocenters. The standard InChI is InChI=1S/C16H16F3N2PS.C2H6.CH3F/c1-2-11(9-10(15(18)19)7-8-14(17)22)20-16-21-12-5-3-4-6-13(12)23-16;2*1-2/h2-7,9,14-15H,1,8,22H2,(H,20,21);1-2H3;1H3/b10-7+,11-9+;;. The van der Waals surface area contributed by atoms with Crippen molar-refractivity contribution >= 4 is 35.9 Å². The molecule has 2 rings (SSSR count). The van der Waals surface area contributed by atoms with Crippen molar-refractivity contribution in [1.29, 1.82) is 0 Å². The first-order chi connectivity index (χ1) is 13.0. The van der Waals surface area contributed by atoms with E-state index in [4.69, 9.17) is 0 Å². The van der Waals surface area contributed by atoms with Crippen molar-refractivity contribution in [2.75, 3.05) is 12.5 Å². The third-order valence-corrected chi connectivity index (χ3v) is 4.14. The smallest absolute Gasteiger partial charge is 0.263 e. The molecule has 2 atom stereocenters. The second-order valence-corrected chi connectivity index (χ2v) is 6.43. The van der Waals surface area contributed by atoms with Gasteiger partial charge in [0, 0.05) is 17.7 Å². The molecule has 0 aliphatic rings. The molecule has 27 heavy (non-hydrogen) atoms. The summed E-state index contributed by atoms with van der Waals surface area (Å²) < 4.78 is 49.4. The van der Waals surface area contributed by atoms with Crippen molar-refractivity contribution in [3.05, 3.63) is 60.3 Å². The Balaban J connectivity index is 0.00000158. The van der Waals surface area contributed by atoms with Gasteiger partial charge in [0.05, 0.1) is 17.4 Å². The summed E-state index contributed by atoms with van der Waals surface area (Å²) >= 11 is 1.41. The number of alkyl halides is 4. The maximum atomic E-state index is 13.0. The number of para-hydroxylation sites is 1. The third kappa shape index (κ3) is 9.16. The van der Waals surface area contributed by atoms with E-state index in [0.717, 1.165) is 10.2 Å². The minimum Gasteiger partial charge on any atom is -0.332 e. The minimum atomic E-state index is -2.69. The van der Waals surface area contributed by atoms with Crippen molar-refractivity contribution in [2.24, 2.45) is 0 Å². The van der Waals surface area contributed by atoms with Crippen LogP contribution in [0.3, 0.4) is 0 Å². The summed E-state index contributed by atoms with van der Waals surface area (Å²) in [4.78, 5) is 4.38. The number of thiazole rings is 1. The molecule has 0 saturated carbocycles. The first-order valence-electron chi connectivity index (χ1n) is 8.22. The molecular formula is C19H25F4N2PS. The van der Waals surface area contributed by atoms with E-state index < -0.39 is 12.3 Å². The number of hydrogen-bond acceptors (Lipinski definition) is 3. The fourth-order valence-electron chi connectivity index (χ4n) is 1.83. The Morgan fingerprint density at radius 3 is 2.41 bits per heavy atom. The van der Waals surface area contributed by atoms with Crippen LogP contribution in [0.25, 0.3) is 10.2 Å². The van der Waals surface area contributed by atoms with E-state index >= 15 is 0 Å². The normalized spacial score (nSPS) is 12.6. The van der Waals surface area contributed by atoms with E-state index in [-0.39, 0.29) is 12.0 Å². The van der Waals surface area contributed by atoms with E-state index in [2.05, 4.69) is 16.9 Å². The Hall–Kier alpha value is -1.72. The molecule has 0 aliphatic carbocycles. The highest BCUT2D eigenvalue weighted by Crippen LogP contribution is 2.27. The van der Waals surface area contributed by atoms with E-state index in [1.165, 1.54) is 29.6 Å². The van der Waals surface area contributed by atoms with Gasteiger partial charge in [-0.1, -0.05) is 50.0 Å². The summed E-state index contributed by atoms with van der Waals surface area (Å²) in [5.74, 6) is -1.25. The quantitative estimate of drug-likeness (QED) is 0.292. The molecule has 0 bridgehead atoms. The first kappa shape index (κ1) is 25.3. The summed E-state index contributed by atoms with van der Waals surface area (Å²) in [7, 11) is 2.43. The Morgan fingerprint density at radius 2 is 1.89 bits per heavy atom. The zero-order valence-electron chi connectivity index (χ0n) is 15.6. The molecule has 1 heterocycles. The molecule has 0 amide bonds. The number of fused-ring (bicyclic) bond motifs is 1. The van der Waals surface area contributed by atoms with Crippen molar-refractivity contribution in [3.8, 4) is 0 Å². The molecule has 1 N–H and O–H groups in total. The van der Waals surface area contributed by atoms with Crippen LogP contribution in [0.4, 0.5) is 22.7 Å². The predicted octanol–water partition coefficient (Wildman–Crippen LogP) is 7.14. The summed E-state index contributed by atoms with van der Waals surface area (Å²) in [6, 6.07) is 7.59. The van der Waals surface area contributed by atoms with Gasteiger partial charge in [-0.15, -0.1) is 9.24 Å². The maximum absolute atomic E-state index is 13.0. The molecule has 1 aromatic carbocycles. The molecule has 0 fully saturated rings. The topological polar surface area (TPSA) is 24.9 Å². The fraction of sp³-hybridized carbons (Fsp3) is 0.316. The number of benzene rings is 1. The second kappa shape index (κ2) is 14.4. The number of aromatic nitrogens is 1. The second-order valence-electron chi connectivity index (χ2n) is 4.67. The van der Waals surface area contributed by atoms with Crippen LogP contribution in [0, 0.1) is 0 Å². The number of hydrogen-bond donors (Lipinski definition) is 1. The average molecular weight is 420 g/mol. The lowest BCUT2D eigenvalue weighted by Crippen LogP contribution is -2.01. The summed E-state index contributed by atoms with van der Waals surface area (Å²) in [6.07, 6.45) is 1.09. The lowest BCUT2D eigenvalue weighted by molar-refractivity contribution is 0.193. The number of allylic oxidation sites excluding steroid dienone is 4. The van der Waals surface area contributed by atoms with Crippen LogP contribution in [0.15, 0.2) is 60.3 Å². The molecule has 2 aromatic rings. The largest absolute Gasteiger partial charge is 0.332 e. The number of nitrogens with one attached hydrogen (secondary N) is 1. The van der Waals surface area contributed by atoms with Gasteiger partial charge in [-0.2, -0.15) is 0 Å². The van der Waals surface area contributed by atoms with Crippen LogP contribution in [-0.2, 0) is 0 Å². The predicted molar refractivity (Wildman–Crippen MR) is 113 cm³/mol. The molecule has 8 heteroatoms. The van der Waals surface area contributed by atoms with Gasteiger partial charge in [0.2, 0.25) is 0 Å². The lowest BCUT2D eigenvalue weighted by atomic mass is 10.2. The highest BCUT2D eigenvalue weighted by Gasteiger charge is 2.11. The van der Waals surface area contributed by atoms with Gasteiger partial charge in [0.15, 0.2) is 5.13 Å². The van der Waals surface area contributed by atoms with Crippen LogP contribution in [0.2, 0.25) is 0 Å². The monoisotopic (exact) mass is 420 g/mol. The Kier molecular flexibility index (Phi) is 13.4. The SMILES string of the molecule is C=C/C(=C\C(=C/CC(F)P)C(F)F)Nc1nc2ccccc2s1.CC.CF. The van der Waals surface area contributed by atoms with E-state index in [0.29, 0.717) is 18.0 Å². The van der Waals surface area contributed by atoms with E-state index in [1.807, 2.05) is 47.4 Å². The van der Waals surface area contributed by atoms with Crippen LogP contribution >= 0.6 is 20.6 Å². The molecule has 150 valence electrons. The lowest BCUT2D eigenvalue weighted by Gasteiger charge is -2.07. The molecule has 0 saturated heterocycles. The van der Waals surface area contributed by atoms with E-state index in [1.54, 1.807) is 0 Å². The molecular weight excluding hydrogens is 395 g/mol. The van der Waals surface area contributed by atoms with Crippen LogP contribution in [-0.4, -0.2) is 24.5 Å². The van der Waals surface area contributed by atoms with Gasteiger partial charge in [0.1, 0.15) is 5.91 Å². The fourth-order valence-corrected chi connectivity index (χ4v) is 2.86. The van der Waals surface area contributed by atoms with Crippen LogP contribution < -0.4 is 5.32 Å². The van der Waals surface area contributed by atoms with Crippen LogP contribution in [0.5, 0.6) is 0 Å². The van der Waals surface area contributed by atoms with Gasteiger partial charge < -0.3 is 5.32 Å². The molecule has 2 nitrogen and oxygen atoms in total. The van der Waals surface area contributed by atoms with Gasteiger partial charge in [0.25, 0.3) is 6.43 Å². The molecule has 0 aliphatic heterocycles. The van der Waals surface area contributed by atoms with Crippen molar-refractivity contribution in [3.63, 3.8) is 0 Å².